The number of imidazole rings is 1. The first kappa shape index (κ1) is 7.80. The van der Waals surface area contributed by atoms with E-state index in [2.05, 4.69) is 16.0 Å². The van der Waals surface area contributed by atoms with E-state index in [0.717, 1.165) is 23.6 Å². The minimum absolute atomic E-state index is 0.405. The molecule has 0 bridgehead atoms. The van der Waals surface area contributed by atoms with Gasteiger partial charge in [-0.2, -0.15) is 5.26 Å². The van der Waals surface area contributed by atoms with Gasteiger partial charge in [0.25, 0.3) is 0 Å². The van der Waals surface area contributed by atoms with Crippen LogP contribution in [0.3, 0.4) is 0 Å². The first-order valence-corrected chi connectivity index (χ1v) is 3.69. The summed E-state index contributed by atoms with van der Waals surface area (Å²) in [5.41, 5.74) is 1.90. The molecular weight excluding hydrogens is 138 g/mol. The number of aryl methyl sites for hydroxylation is 2. The molecule has 3 heteroatoms. The topological polar surface area (TPSA) is 52.5 Å². The van der Waals surface area contributed by atoms with Crippen LogP contribution in [-0.4, -0.2) is 9.97 Å². The lowest BCUT2D eigenvalue weighted by molar-refractivity contribution is 0.973. The highest BCUT2D eigenvalue weighted by Crippen LogP contribution is 2.05. The Kier molecular flexibility index (Phi) is 2.27. The molecule has 0 radical (unpaired) electrons. The normalized spacial score (nSPS) is 9.55. The van der Waals surface area contributed by atoms with Crippen molar-refractivity contribution in [3.8, 4) is 6.07 Å². The molecule has 0 aromatic carbocycles. The van der Waals surface area contributed by atoms with Gasteiger partial charge in [0.1, 0.15) is 5.82 Å². The maximum atomic E-state index is 8.42. The Balaban J connectivity index is 2.90. The molecule has 0 aliphatic carbocycles. The Morgan fingerprint density at radius 1 is 1.64 bits per heavy atom. The first-order valence-electron chi connectivity index (χ1n) is 3.69. The van der Waals surface area contributed by atoms with Gasteiger partial charge in [0.2, 0.25) is 0 Å². The quantitative estimate of drug-likeness (QED) is 0.690. The number of aromatic nitrogens is 2. The van der Waals surface area contributed by atoms with Crippen molar-refractivity contribution in [3.63, 3.8) is 0 Å². The second-order valence-corrected chi connectivity index (χ2v) is 2.44. The first-order chi connectivity index (χ1) is 5.27. The number of hydrogen-bond donors (Lipinski definition) is 1. The summed E-state index contributed by atoms with van der Waals surface area (Å²) >= 11 is 0. The van der Waals surface area contributed by atoms with E-state index in [1.807, 2.05) is 13.8 Å². The molecule has 58 valence electrons. The average molecular weight is 149 g/mol. The smallest absolute Gasteiger partial charge is 0.106 e. The van der Waals surface area contributed by atoms with E-state index in [-0.39, 0.29) is 0 Å². The number of hydrogen-bond acceptors (Lipinski definition) is 2. The Bertz CT molecular complexity index is 280. The Morgan fingerprint density at radius 3 is 2.82 bits per heavy atom. The number of H-pyrrole nitrogens is 1. The van der Waals surface area contributed by atoms with Crippen LogP contribution in [0.5, 0.6) is 0 Å². The highest BCUT2D eigenvalue weighted by molar-refractivity contribution is 5.16. The Labute approximate surface area is 66.1 Å². The van der Waals surface area contributed by atoms with Gasteiger partial charge in [0.05, 0.1) is 18.2 Å². The number of nitrogens with zero attached hydrogens (tertiary/aromatic N) is 2. The standard InChI is InChI=1S/C8H11N3/c1-3-8-10-6(2)7(11-8)4-5-9/h3-4H2,1-2H3,(H,10,11). The summed E-state index contributed by atoms with van der Waals surface area (Å²) < 4.78 is 0. The molecule has 0 amide bonds. The lowest BCUT2D eigenvalue weighted by atomic mass is 10.3. The summed E-state index contributed by atoms with van der Waals surface area (Å²) in [6, 6.07) is 2.08. The number of nitriles is 1. The molecule has 1 heterocycles. The van der Waals surface area contributed by atoms with Crippen molar-refractivity contribution < 1.29 is 0 Å². The molecule has 1 aromatic rings. The third-order valence-corrected chi connectivity index (χ3v) is 1.62. The molecule has 0 saturated heterocycles. The van der Waals surface area contributed by atoms with E-state index in [1.54, 1.807) is 0 Å². The average Bonchev–Trinajstić information content (AvgIpc) is 2.33. The van der Waals surface area contributed by atoms with Crippen molar-refractivity contribution in [1.29, 1.82) is 5.26 Å². The fourth-order valence-electron chi connectivity index (χ4n) is 0.978. The van der Waals surface area contributed by atoms with Crippen LogP contribution in [0.1, 0.15) is 24.1 Å². The molecule has 0 aliphatic heterocycles. The summed E-state index contributed by atoms with van der Waals surface area (Å²) in [6.45, 7) is 3.98. The molecule has 0 unspecified atom stereocenters. The number of nitrogens with one attached hydrogen (secondary N) is 1. The van der Waals surface area contributed by atoms with Crippen LogP contribution in [0, 0.1) is 18.3 Å². The van der Waals surface area contributed by atoms with Crippen LogP contribution >= 0.6 is 0 Å². The maximum absolute atomic E-state index is 8.42. The number of rotatable bonds is 2. The molecule has 1 N–H and O–H groups in total. The zero-order chi connectivity index (χ0) is 8.27. The van der Waals surface area contributed by atoms with E-state index >= 15 is 0 Å². The zero-order valence-corrected chi connectivity index (χ0v) is 6.81. The molecule has 11 heavy (non-hydrogen) atoms. The van der Waals surface area contributed by atoms with E-state index in [4.69, 9.17) is 5.26 Å². The molecule has 0 spiro atoms. The lowest BCUT2D eigenvalue weighted by Crippen LogP contribution is -1.84. The van der Waals surface area contributed by atoms with Crippen LogP contribution < -0.4 is 0 Å². The van der Waals surface area contributed by atoms with Crippen molar-refractivity contribution >= 4 is 0 Å². The zero-order valence-electron chi connectivity index (χ0n) is 6.81. The van der Waals surface area contributed by atoms with Crippen molar-refractivity contribution in [2.75, 3.05) is 0 Å². The van der Waals surface area contributed by atoms with Gasteiger partial charge in [-0.25, -0.2) is 4.98 Å². The van der Waals surface area contributed by atoms with Crippen LogP contribution in [-0.2, 0) is 12.8 Å². The summed E-state index contributed by atoms with van der Waals surface area (Å²) in [6.07, 6.45) is 1.30. The third-order valence-electron chi connectivity index (χ3n) is 1.62. The van der Waals surface area contributed by atoms with Gasteiger partial charge < -0.3 is 4.98 Å². The summed E-state index contributed by atoms with van der Waals surface area (Å²) in [4.78, 5) is 7.36. The molecule has 3 nitrogen and oxygen atoms in total. The lowest BCUT2D eigenvalue weighted by Gasteiger charge is -1.84. The van der Waals surface area contributed by atoms with Gasteiger partial charge in [0.15, 0.2) is 0 Å². The fourth-order valence-corrected chi connectivity index (χ4v) is 0.978. The van der Waals surface area contributed by atoms with Gasteiger partial charge in [-0.3, -0.25) is 0 Å². The SMILES string of the molecule is CCc1nc(CC#N)c(C)[nH]1. The monoisotopic (exact) mass is 149 g/mol. The van der Waals surface area contributed by atoms with Gasteiger partial charge >= 0.3 is 0 Å². The van der Waals surface area contributed by atoms with Crippen molar-refractivity contribution in [1.82, 2.24) is 9.97 Å². The Morgan fingerprint density at radius 2 is 2.36 bits per heavy atom. The Hall–Kier alpha value is -1.30. The predicted octanol–water partition coefficient (Wildman–Crippen LogP) is 1.35. The third kappa shape index (κ3) is 1.58. The highest BCUT2D eigenvalue weighted by atomic mass is 14.9. The van der Waals surface area contributed by atoms with Gasteiger partial charge in [-0.15, -0.1) is 0 Å². The minimum Gasteiger partial charge on any atom is -0.346 e. The molecule has 0 saturated carbocycles. The van der Waals surface area contributed by atoms with Crippen molar-refractivity contribution in [2.24, 2.45) is 0 Å². The van der Waals surface area contributed by atoms with E-state index in [1.165, 1.54) is 0 Å². The van der Waals surface area contributed by atoms with Gasteiger partial charge in [-0.1, -0.05) is 6.92 Å². The fraction of sp³-hybridized carbons (Fsp3) is 0.500. The molecule has 1 aromatic heterocycles. The summed E-state index contributed by atoms with van der Waals surface area (Å²) in [5, 5.41) is 8.42. The van der Waals surface area contributed by atoms with Crippen molar-refractivity contribution in [2.45, 2.75) is 26.7 Å². The van der Waals surface area contributed by atoms with Crippen LogP contribution in [0.4, 0.5) is 0 Å². The largest absolute Gasteiger partial charge is 0.346 e. The van der Waals surface area contributed by atoms with Crippen LogP contribution in [0.15, 0.2) is 0 Å². The highest BCUT2D eigenvalue weighted by Gasteiger charge is 2.03. The van der Waals surface area contributed by atoms with Crippen LogP contribution in [0.25, 0.3) is 0 Å². The maximum Gasteiger partial charge on any atom is 0.106 e. The minimum atomic E-state index is 0.405. The molecule has 0 atom stereocenters. The predicted molar refractivity (Wildman–Crippen MR) is 42.0 cm³/mol. The molecule has 0 fully saturated rings. The molecule has 1 rings (SSSR count). The van der Waals surface area contributed by atoms with E-state index in [0.29, 0.717) is 6.42 Å². The molecule has 0 aliphatic rings. The van der Waals surface area contributed by atoms with E-state index in [9.17, 15) is 0 Å². The van der Waals surface area contributed by atoms with Crippen LogP contribution in [0.2, 0.25) is 0 Å². The molecular formula is C8H11N3. The van der Waals surface area contributed by atoms with Gasteiger partial charge in [0, 0.05) is 12.1 Å². The second kappa shape index (κ2) is 3.20. The van der Waals surface area contributed by atoms with Crippen molar-refractivity contribution in [3.05, 3.63) is 17.2 Å². The van der Waals surface area contributed by atoms with E-state index < -0.39 is 0 Å². The summed E-state index contributed by atoms with van der Waals surface area (Å²) in [7, 11) is 0. The van der Waals surface area contributed by atoms with Gasteiger partial charge in [-0.05, 0) is 6.92 Å². The number of aromatic amines is 1. The summed E-state index contributed by atoms with van der Waals surface area (Å²) in [5.74, 6) is 0.966. The second-order valence-electron chi connectivity index (χ2n) is 2.44.